The summed E-state index contributed by atoms with van der Waals surface area (Å²) in [4.78, 5) is 12.8. The van der Waals surface area contributed by atoms with Crippen LogP contribution in [0.4, 0.5) is 0 Å². The SMILES string of the molecule is [2H][13C]([2H])([2H])Oc1cc([C@@H]2Oc3c(O)cc([C@H]4Oc5cc(O)cc(O)c5C(=O)[C@@H]4O)cc3[C@H]2CO)ccc1O. The molecule has 0 bridgehead atoms. The summed E-state index contributed by atoms with van der Waals surface area (Å²) in [6, 6.07) is 8.65. The third-order valence-corrected chi connectivity index (χ3v) is 6.20. The van der Waals surface area contributed by atoms with E-state index in [-0.39, 0.29) is 39.9 Å². The Morgan fingerprint density at radius 1 is 0.943 bits per heavy atom. The molecule has 0 aliphatic carbocycles. The van der Waals surface area contributed by atoms with Gasteiger partial charge in [-0.3, -0.25) is 4.79 Å². The van der Waals surface area contributed by atoms with E-state index >= 15 is 0 Å². The molecule has 2 aliphatic heterocycles. The van der Waals surface area contributed by atoms with Crippen LogP contribution in [0.3, 0.4) is 0 Å². The second kappa shape index (κ2) is 8.26. The number of aliphatic hydroxyl groups excluding tert-OH is 2. The monoisotopic (exact) mass is 486 g/mol. The average Bonchev–Trinajstić information content (AvgIpc) is 3.20. The summed E-state index contributed by atoms with van der Waals surface area (Å²) in [5.74, 6) is -3.87. The van der Waals surface area contributed by atoms with Crippen LogP contribution in [0.15, 0.2) is 42.5 Å². The lowest BCUT2D eigenvalue weighted by atomic mass is 9.87. The van der Waals surface area contributed by atoms with Gasteiger partial charge in [0.05, 0.1) is 23.7 Å². The Labute approximate surface area is 203 Å². The van der Waals surface area contributed by atoms with E-state index in [0.29, 0.717) is 11.1 Å². The minimum absolute atomic E-state index is 0.0106. The quantitative estimate of drug-likeness (QED) is 0.302. The molecule has 5 rings (SSSR count). The van der Waals surface area contributed by atoms with Crippen LogP contribution >= 0.6 is 0 Å². The highest BCUT2D eigenvalue weighted by molar-refractivity contribution is 6.05. The zero-order valence-electron chi connectivity index (χ0n) is 20.9. The number of phenols is 4. The summed E-state index contributed by atoms with van der Waals surface area (Å²) >= 11 is 0. The summed E-state index contributed by atoms with van der Waals surface area (Å²) in [5, 5.41) is 61.5. The van der Waals surface area contributed by atoms with Crippen molar-refractivity contribution in [2.24, 2.45) is 0 Å². The smallest absolute Gasteiger partial charge is 0.202 e. The van der Waals surface area contributed by atoms with Crippen LogP contribution in [0.1, 0.15) is 49.3 Å². The van der Waals surface area contributed by atoms with Crippen molar-refractivity contribution in [2.75, 3.05) is 13.6 Å². The van der Waals surface area contributed by atoms with Crippen molar-refractivity contribution in [2.45, 2.75) is 24.2 Å². The molecule has 0 amide bonds. The van der Waals surface area contributed by atoms with E-state index in [4.69, 9.17) is 18.3 Å². The molecule has 0 spiro atoms. The van der Waals surface area contributed by atoms with E-state index in [9.17, 15) is 35.4 Å². The number of hydrogen-bond donors (Lipinski definition) is 6. The van der Waals surface area contributed by atoms with Crippen molar-refractivity contribution in [3.8, 4) is 40.2 Å². The largest absolute Gasteiger partial charge is 0.508 e. The van der Waals surface area contributed by atoms with Gasteiger partial charge in [0.25, 0.3) is 0 Å². The van der Waals surface area contributed by atoms with E-state index < -0.39 is 55.2 Å². The third-order valence-electron chi connectivity index (χ3n) is 6.20. The van der Waals surface area contributed by atoms with E-state index in [1.165, 1.54) is 30.3 Å². The Kier molecular flexibility index (Phi) is 4.53. The van der Waals surface area contributed by atoms with Crippen LogP contribution in [0, 0.1) is 0 Å². The van der Waals surface area contributed by atoms with Gasteiger partial charge in [0.2, 0.25) is 5.78 Å². The Balaban J connectivity index is 1.52. The molecule has 6 N–H and O–H groups in total. The molecule has 3 aromatic rings. The number of ketones is 1. The number of aliphatic hydroxyl groups is 2. The summed E-state index contributed by atoms with van der Waals surface area (Å²) in [6.07, 6.45) is -4.03. The average molecular weight is 486 g/mol. The highest BCUT2D eigenvalue weighted by atomic mass is 16.5. The molecule has 2 aliphatic rings. The van der Waals surface area contributed by atoms with Crippen LogP contribution in [-0.2, 0) is 0 Å². The number of fused-ring (bicyclic) bond motifs is 2. The number of hydrogen-bond acceptors (Lipinski definition) is 10. The fourth-order valence-electron chi connectivity index (χ4n) is 4.55. The zero-order chi connectivity index (χ0) is 27.5. The number of Topliss-reactive ketones (excluding diaryl/α,β-unsaturated/α-hetero) is 1. The van der Waals surface area contributed by atoms with E-state index in [2.05, 4.69) is 0 Å². The molecule has 2 heterocycles. The topological polar surface area (TPSA) is 166 Å². The maximum atomic E-state index is 12.8. The molecule has 10 heteroatoms. The number of carbonyl (C=O) groups is 1. The summed E-state index contributed by atoms with van der Waals surface area (Å²) in [5.41, 5.74) is 0.500. The van der Waals surface area contributed by atoms with E-state index in [0.717, 1.165) is 12.1 Å². The maximum Gasteiger partial charge on any atom is 0.202 e. The number of aromatic hydroxyl groups is 4. The van der Waals surface area contributed by atoms with Gasteiger partial charge < -0.3 is 44.8 Å². The lowest BCUT2D eigenvalue weighted by Gasteiger charge is -2.30. The molecule has 35 heavy (non-hydrogen) atoms. The Bertz CT molecular complexity index is 1440. The van der Waals surface area contributed by atoms with Gasteiger partial charge in [-0.25, -0.2) is 0 Å². The van der Waals surface area contributed by atoms with Gasteiger partial charge in [0.15, 0.2) is 35.2 Å². The van der Waals surface area contributed by atoms with Crippen molar-refractivity contribution in [3.05, 3.63) is 64.7 Å². The lowest BCUT2D eigenvalue weighted by molar-refractivity contribution is 0.0209. The number of ether oxygens (including phenoxy) is 3. The van der Waals surface area contributed by atoms with Crippen LogP contribution in [0.5, 0.6) is 40.2 Å². The number of methoxy groups -OCH3 is 1. The summed E-state index contributed by atoms with van der Waals surface area (Å²) in [6.45, 7) is -0.478. The van der Waals surface area contributed by atoms with Crippen LogP contribution in [0.25, 0.3) is 0 Å². The number of benzene rings is 3. The molecule has 4 atom stereocenters. The zero-order valence-corrected chi connectivity index (χ0v) is 17.9. The highest BCUT2D eigenvalue weighted by Crippen LogP contribution is 2.52. The van der Waals surface area contributed by atoms with Crippen LogP contribution < -0.4 is 14.2 Å². The molecular formula is C25H22O10. The number of rotatable bonds is 4. The Morgan fingerprint density at radius 2 is 1.74 bits per heavy atom. The molecule has 0 saturated carbocycles. The van der Waals surface area contributed by atoms with Crippen molar-refractivity contribution in [3.63, 3.8) is 0 Å². The van der Waals surface area contributed by atoms with Crippen LogP contribution in [0.2, 0.25) is 0 Å². The maximum absolute atomic E-state index is 12.8. The van der Waals surface area contributed by atoms with Gasteiger partial charge in [-0.05, 0) is 35.4 Å². The minimum Gasteiger partial charge on any atom is -0.508 e. The van der Waals surface area contributed by atoms with Gasteiger partial charge in [0, 0.05) is 17.7 Å². The highest BCUT2D eigenvalue weighted by Gasteiger charge is 2.42. The number of carbonyl (C=O) groups excluding carboxylic acids is 1. The summed E-state index contributed by atoms with van der Waals surface area (Å²) in [7, 11) is -2.83. The first-order valence-electron chi connectivity index (χ1n) is 12.0. The lowest BCUT2D eigenvalue weighted by Crippen LogP contribution is -2.36. The van der Waals surface area contributed by atoms with Crippen molar-refractivity contribution in [1.82, 2.24) is 0 Å². The molecule has 182 valence electrons. The van der Waals surface area contributed by atoms with Gasteiger partial charge >= 0.3 is 0 Å². The standard InChI is InChI=1S/C25H22O10/c1-33-18-6-10(2-3-15(18)28)23-14(9-26)13-4-11(5-17(30)25(13)35-23)24-22(32)21(31)20-16(29)7-12(27)8-19(20)34-24/h2-8,14,22-24,26-30,32H,9H2,1H3/t14-,22+,23+,24-/m1/s1/i1+1D3. The molecular weight excluding hydrogens is 461 g/mol. The molecule has 0 unspecified atom stereocenters. The van der Waals surface area contributed by atoms with Crippen molar-refractivity contribution in [1.29, 1.82) is 0 Å². The van der Waals surface area contributed by atoms with Crippen molar-refractivity contribution >= 4 is 5.78 Å². The third kappa shape index (κ3) is 3.54. The van der Waals surface area contributed by atoms with Gasteiger partial charge in [-0.1, -0.05) is 6.07 Å². The van der Waals surface area contributed by atoms with E-state index in [1.807, 2.05) is 0 Å². The van der Waals surface area contributed by atoms with Gasteiger partial charge in [0.1, 0.15) is 28.9 Å². The van der Waals surface area contributed by atoms with Crippen molar-refractivity contribution < 1.29 is 53.8 Å². The first-order valence-corrected chi connectivity index (χ1v) is 10.5. The molecule has 0 aromatic heterocycles. The first-order chi connectivity index (χ1) is 17.9. The molecule has 0 radical (unpaired) electrons. The van der Waals surface area contributed by atoms with E-state index in [1.54, 1.807) is 0 Å². The Hall–Kier alpha value is -4.15. The minimum atomic E-state index is -2.83. The molecule has 3 aromatic carbocycles. The second-order valence-electron chi connectivity index (χ2n) is 8.30. The second-order valence-corrected chi connectivity index (χ2v) is 8.30. The summed E-state index contributed by atoms with van der Waals surface area (Å²) < 4.78 is 38.3. The fraction of sp³-hybridized carbons (Fsp3) is 0.240. The molecule has 0 saturated heterocycles. The normalized spacial score (nSPS) is 24.3. The van der Waals surface area contributed by atoms with Gasteiger partial charge in [-0.15, -0.1) is 0 Å². The predicted molar refractivity (Wildman–Crippen MR) is 119 cm³/mol. The Morgan fingerprint density at radius 3 is 2.49 bits per heavy atom. The molecule has 10 nitrogen and oxygen atoms in total. The van der Waals surface area contributed by atoms with Crippen LogP contribution in [-0.4, -0.2) is 56.2 Å². The fourth-order valence-corrected chi connectivity index (χ4v) is 4.55. The number of phenolic OH excluding ortho intramolecular Hbond substituents is 4. The van der Waals surface area contributed by atoms with Gasteiger partial charge in [-0.2, -0.15) is 0 Å². The predicted octanol–water partition coefficient (Wildman–Crippen LogP) is 2.40. The first kappa shape index (κ1) is 19.2. The molecule has 0 fully saturated rings.